The van der Waals surface area contributed by atoms with Crippen LogP contribution in [0.2, 0.25) is 0 Å². The average Bonchev–Trinajstić information content (AvgIpc) is 3.37. The zero-order valence-electron chi connectivity index (χ0n) is 36.9. The van der Waals surface area contributed by atoms with Gasteiger partial charge < -0.3 is 38.3 Å². The molecule has 1 saturated carbocycles. The summed E-state index contributed by atoms with van der Waals surface area (Å²) in [4.78, 5) is 80.3. The molecule has 2 aromatic carbocycles. The van der Waals surface area contributed by atoms with Gasteiger partial charge in [-0.25, -0.2) is 9.59 Å². The molecule has 0 amide bonds. The fourth-order valence-corrected chi connectivity index (χ4v) is 8.39. The van der Waals surface area contributed by atoms with E-state index in [9.17, 15) is 33.9 Å². The van der Waals surface area contributed by atoms with Crippen molar-refractivity contribution in [3.8, 4) is 0 Å². The molecule has 0 radical (unpaired) electrons. The summed E-state index contributed by atoms with van der Waals surface area (Å²) in [6.45, 7) is 21.0. The fraction of sp³-hybridized carbons (Fsp3) is 0.532. The van der Waals surface area contributed by atoms with Gasteiger partial charge in [0.25, 0.3) is 0 Å². The van der Waals surface area contributed by atoms with Crippen LogP contribution in [0.4, 0.5) is 0 Å². The van der Waals surface area contributed by atoms with E-state index in [0.717, 1.165) is 26.3 Å². The third-order valence-electron chi connectivity index (χ3n) is 10.9. The monoisotopic (exact) mass is 848 g/mol. The Morgan fingerprint density at radius 2 is 1.31 bits per heavy atom. The lowest BCUT2D eigenvalue weighted by molar-refractivity contribution is -0.195. The molecule has 0 bridgehead atoms. The standard InChI is InChI=1S/C47H60O14/c1-26(2)24-55-37-29(5)38(56-30(6)48)39(57-31(7)49)42(59-33(9)51)45(10,11)22-21-28(4)40(60-43(52)34-18-14-13-15-19-34)47(54)25-46(12,41(36(37)47)58-32(8)50)61-44(53)35-20-16-17-27(3)23-35/h13-23,26,28,36-42,54H,5,24-25H2,1-4,6-12H3/b22-21+/t28-,36-,37-,38-,39+,40-,41+,42+,46+,47+/m0/s1. The molecular weight excluding hydrogens is 789 g/mol. The van der Waals surface area contributed by atoms with Crippen LogP contribution in [0.3, 0.4) is 0 Å². The van der Waals surface area contributed by atoms with E-state index >= 15 is 0 Å². The number of fused-ring (bicyclic) bond motifs is 1. The van der Waals surface area contributed by atoms with Gasteiger partial charge in [-0.1, -0.05) is 89.2 Å². The lowest BCUT2D eigenvalue weighted by atomic mass is 9.71. The highest BCUT2D eigenvalue weighted by atomic mass is 16.6. The largest absolute Gasteiger partial charge is 0.458 e. The summed E-state index contributed by atoms with van der Waals surface area (Å²) in [7, 11) is 0. The molecule has 10 atom stereocenters. The van der Waals surface area contributed by atoms with Gasteiger partial charge in [-0.05, 0) is 49.6 Å². The van der Waals surface area contributed by atoms with Crippen LogP contribution in [0.1, 0.15) is 102 Å². The smallest absolute Gasteiger partial charge is 0.338 e. The van der Waals surface area contributed by atoms with Crippen molar-refractivity contribution in [1.82, 2.24) is 0 Å². The minimum atomic E-state index is -2.31. The van der Waals surface area contributed by atoms with Gasteiger partial charge in [0.15, 0.2) is 18.3 Å². The minimum absolute atomic E-state index is 0.0172. The highest BCUT2D eigenvalue weighted by Crippen LogP contribution is 2.54. The van der Waals surface area contributed by atoms with Gasteiger partial charge in [0.2, 0.25) is 0 Å². The molecule has 2 aliphatic rings. The molecule has 61 heavy (non-hydrogen) atoms. The summed E-state index contributed by atoms with van der Waals surface area (Å²) in [6.07, 6.45) is -6.29. The molecule has 4 rings (SSSR count). The van der Waals surface area contributed by atoms with Crippen molar-refractivity contribution in [1.29, 1.82) is 0 Å². The third-order valence-corrected chi connectivity index (χ3v) is 10.9. The Balaban J connectivity index is 2.15. The van der Waals surface area contributed by atoms with Crippen molar-refractivity contribution in [2.45, 2.75) is 130 Å². The first-order valence-electron chi connectivity index (χ1n) is 20.4. The Kier molecular flexibility index (Phi) is 15.5. The Hall–Kier alpha value is -5.34. The van der Waals surface area contributed by atoms with Crippen LogP contribution in [-0.4, -0.2) is 95.4 Å². The number of carbonyl (C=O) groups is 6. The van der Waals surface area contributed by atoms with Crippen LogP contribution in [0.25, 0.3) is 0 Å². The maximum atomic E-state index is 14.1. The van der Waals surface area contributed by atoms with Crippen molar-refractivity contribution in [2.75, 3.05) is 6.61 Å². The number of carbonyl (C=O) groups excluding carboxylic acids is 6. The quantitative estimate of drug-likeness (QED) is 0.148. The molecule has 14 heteroatoms. The lowest BCUT2D eigenvalue weighted by Gasteiger charge is -2.46. The molecule has 0 aromatic heterocycles. The molecule has 1 fully saturated rings. The van der Waals surface area contributed by atoms with Gasteiger partial charge >= 0.3 is 35.8 Å². The van der Waals surface area contributed by atoms with Gasteiger partial charge in [0, 0.05) is 52.1 Å². The van der Waals surface area contributed by atoms with Crippen LogP contribution in [0.15, 0.2) is 78.9 Å². The topological polar surface area (TPSA) is 187 Å². The number of benzene rings is 2. The second kappa shape index (κ2) is 19.6. The van der Waals surface area contributed by atoms with E-state index in [0.29, 0.717) is 0 Å². The Morgan fingerprint density at radius 3 is 1.87 bits per heavy atom. The summed E-state index contributed by atoms with van der Waals surface area (Å²) in [6, 6.07) is 14.8. The van der Waals surface area contributed by atoms with Crippen molar-refractivity contribution >= 4 is 35.8 Å². The van der Waals surface area contributed by atoms with E-state index in [4.69, 9.17) is 33.2 Å². The van der Waals surface area contributed by atoms with E-state index in [1.807, 2.05) is 13.8 Å². The van der Waals surface area contributed by atoms with Gasteiger partial charge in [-0.15, -0.1) is 0 Å². The van der Waals surface area contributed by atoms with E-state index in [1.54, 1.807) is 94.4 Å². The summed E-state index contributed by atoms with van der Waals surface area (Å²) >= 11 is 0. The highest BCUT2D eigenvalue weighted by molar-refractivity contribution is 5.90. The van der Waals surface area contributed by atoms with Crippen LogP contribution in [0, 0.1) is 30.1 Å². The van der Waals surface area contributed by atoms with E-state index in [2.05, 4.69) is 6.58 Å². The molecule has 332 valence electrons. The number of rotatable bonds is 11. The maximum Gasteiger partial charge on any atom is 0.338 e. The third kappa shape index (κ3) is 11.5. The first-order chi connectivity index (χ1) is 28.4. The van der Waals surface area contributed by atoms with Gasteiger partial charge in [0.1, 0.15) is 23.4 Å². The van der Waals surface area contributed by atoms with Crippen LogP contribution >= 0.6 is 0 Å². The average molecular weight is 849 g/mol. The van der Waals surface area contributed by atoms with Gasteiger partial charge in [-0.2, -0.15) is 0 Å². The number of ether oxygens (including phenoxy) is 7. The fourth-order valence-electron chi connectivity index (χ4n) is 8.39. The van der Waals surface area contributed by atoms with Crippen LogP contribution in [-0.2, 0) is 52.3 Å². The van der Waals surface area contributed by atoms with Crippen LogP contribution < -0.4 is 0 Å². The molecule has 0 saturated heterocycles. The van der Waals surface area contributed by atoms with Crippen molar-refractivity contribution in [3.63, 3.8) is 0 Å². The number of esters is 6. The molecule has 2 aromatic rings. The van der Waals surface area contributed by atoms with Crippen molar-refractivity contribution in [3.05, 3.63) is 95.6 Å². The van der Waals surface area contributed by atoms with Crippen LogP contribution in [0.5, 0.6) is 0 Å². The second-order valence-corrected chi connectivity index (χ2v) is 17.4. The molecule has 2 aliphatic carbocycles. The van der Waals surface area contributed by atoms with E-state index < -0.39 is 107 Å². The Morgan fingerprint density at radius 1 is 0.738 bits per heavy atom. The second-order valence-electron chi connectivity index (χ2n) is 17.4. The van der Waals surface area contributed by atoms with E-state index in [-0.39, 0.29) is 29.2 Å². The molecule has 0 heterocycles. The molecular formula is C47H60O14. The maximum absolute atomic E-state index is 14.1. The summed E-state index contributed by atoms with van der Waals surface area (Å²) in [5.74, 6) is -7.39. The first-order valence-corrected chi connectivity index (χ1v) is 20.4. The number of aryl methyl sites for hydroxylation is 1. The highest BCUT2D eigenvalue weighted by Gasteiger charge is 2.70. The predicted octanol–water partition coefficient (Wildman–Crippen LogP) is 6.44. The molecule has 0 unspecified atom stereocenters. The summed E-state index contributed by atoms with van der Waals surface area (Å²) in [5.41, 5.74) is -4.39. The Labute approximate surface area is 357 Å². The number of hydrogen-bond acceptors (Lipinski definition) is 14. The molecule has 0 spiro atoms. The zero-order valence-corrected chi connectivity index (χ0v) is 36.9. The zero-order chi connectivity index (χ0) is 45.6. The van der Waals surface area contributed by atoms with Crippen molar-refractivity contribution < 1.29 is 67.0 Å². The molecule has 1 N–H and O–H groups in total. The molecule has 14 nitrogen and oxygen atoms in total. The van der Waals surface area contributed by atoms with Gasteiger partial charge in [0.05, 0.1) is 23.1 Å². The number of hydrogen-bond donors (Lipinski definition) is 1. The number of aliphatic hydroxyl groups is 1. The lowest BCUT2D eigenvalue weighted by Crippen LogP contribution is -2.59. The Bertz CT molecular complexity index is 1990. The normalized spacial score (nSPS) is 30.3. The summed E-state index contributed by atoms with van der Waals surface area (Å²) < 4.78 is 43.2. The minimum Gasteiger partial charge on any atom is -0.458 e. The molecule has 0 aliphatic heterocycles. The first kappa shape index (κ1) is 48.3. The summed E-state index contributed by atoms with van der Waals surface area (Å²) in [5, 5.41) is 13.7. The predicted molar refractivity (Wildman–Crippen MR) is 222 cm³/mol. The van der Waals surface area contributed by atoms with E-state index in [1.165, 1.54) is 13.8 Å². The van der Waals surface area contributed by atoms with Crippen molar-refractivity contribution in [2.24, 2.45) is 23.2 Å². The van der Waals surface area contributed by atoms with Gasteiger partial charge in [-0.3, -0.25) is 19.2 Å². The SMILES string of the molecule is C=C1[C@H](OC(C)=O)[C@@H](OC(C)=O)[C@@H](OC(C)=O)C(C)(C)/C=C/[C@H](C)[C@H](OC(=O)c2ccccc2)[C@@]2(O)C[C@@](C)(OC(=O)c3cccc(C)c3)[C@H](OC(C)=O)[C@@H]2[C@H]1OCC(C)C.